The molecule has 0 aliphatic heterocycles. The zero-order valence-electron chi connectivity index (χ0n) is 10.1. The number of benzene rings is 1. The molecule has 0 amide bonds. The van der Waals surface area contributed by atoms with Gasteiger partial charge in [0.25, 0.3) is 0 Å². The molecule has 0 spiro atoms. The minimum absolute atomic E-state index is 0.0577. The van der Waals surface area contributed by atoms with Gasteiger partial charge in [-0.2, -0.15) is 13.2 Å². The van der Waals surface area contributed by atoms with E-state index in [0.717, 1.165) is 6.07 Å². The van der Waals surface area contributed by atoms with Crippen LogP contribution < -0.4 is 11.1 Å². The van der Waals surface area contributed by atoms with Crippen LogP contribution in [0.1, 0.15) is 26.3 Å². The summed E-state index contributed by atoms with van der Waals surface area (Å²) >= 11 is 0. The molecule has 0 fully saturated rings. The normalized spacial score (nSPS) is 14.5. The number of para-hydroxylation sites is 1. The topological polar surface area (TPSA) is 38.0 Å². The van der Waals surface area contributed by atoms with E-state index in [2.05, 4.69) is 5.32 Å². The first kappa shape index (κ1) is 13.8. The van der Waals surface area contributed by atoms with E-state index in [0.29, 0.717) is 0 Å². The average molecular weight is 246 g/mol. The maximum atomic E-state index is 12.8. The lowest BCUT2D eigenvalue weighted by Gasteiger charge is -2.32. The second-order valence-electron chi connectivity index (χ2n) is 4.68. The van der Waals surface area contributed by atoms with E-state index in [9.17, 15) is 13.2 Å². The highest BCUT2D eigenvalue weighted by Gasteiger charge is 2.34. The van der Waals surface area contributed by atoms with Crippen LogP contribution in [0, 0.1) is 0 Å². The van der Waals surface area contributed by atoms with E-state index in [1.54, 1.807) is 26.8 Å². The maximum Gasteiger partial charge on any atom is 0.418 e. The molecular formula is C12H17F3N2. The molecule has 0 heterocycles. The molecule has 1 rings (SSSR count). The second kappa shape index (κ2) is 4.56. The molecule has 1 atom stereocenters. The summed E-state index contributed by atoms with van der Waals surface area (Å²) in [5.41, 5.74) is 4.51. The number of rotatable bonds is 3. The summed E-state index contributed by atoms with van der Waals surface area (Å²) in [6, 6.07) is 5.12. The fourth-order valence-electron chi connectivity index (χ4n) is 1.30. The summed E-state index contributed by atoms with van der Waals surface area (Å²) in [4.78, 5) is 0. The van der Waals surface area contributed by atoms with E-state index < -0.39 is 17.3 Å². The third-order valence-electron chi connectivity index (χ3n) is 2.83. The molecule has 0 saturated carbocycles. The van der Waals surface area contributed by atoms with Crippen molar-refractivity contribution in [1.82, 2.24) is 0 Å². The Morgan fingerprint density at radius 2 is 1.71 bits per heavy atom. The van der Waals surface area contributed by atoms with Crippen molar-refractivity contribution in [2.75, 3.05) is 5.32 Å². The van der Waals surface area contributed by atoms with Gasteiger partial charge < -0.3 is 11.1 Å². The van der Waals surface area contributed by atoms with Crippen LogP contribution in [0.25, 0.3) is 0 Å². The Bertz CT molecular complexity index is 384. The number of anilines is 1. The first-order valence-electron chi connectivity index (χ1n) is 5.34. The van der Waals surface area contributed by atoms with Crippen molar-refractivity contribution in [3.63, 3.8) is 0 Å². The predicted molar refractivity (Wildman–Crippen MR) is 62.8 cm³/mol. The van der Waals surface area contributed by atoms with Crippen molar-refractivity contribution in [3.05, 3.63) is 29.8 Å². The third-order valence-corrected chi connectivity index (χ3v) is 2.83. The van der Waals surface area contributed by atoms with Crippen LogP contribution in [-0.4, -0.2) is 11.6 Å². The zero-order valence-corrected chi connectivity index (χ0v) is 10.1. The lowest BCUT2D eigenvalue weighted by molar-refractivity contribution is -0.137. The Morgan fingerprint density at radius 1 is 1.18 bits per heavy atom. The smallest absolute Gasteiger partial charge is 0.378 e. The second-order valence-corrected chi connectivity index (χ2v) is 4.68. The van der Waals surface area contributed by atoms with Gasteiger partial charge in [0, 0.05) is 17.3 Å². The van der Waals surface area contributed by atoms with E-state index in [1.807, 2.05) is 0 Å². The van der Waals surface area contributed by atoms with Crippen LogP contribution in [0.3, 0.4) is 0 Å². The van der Waals surface area contributed by atoms with Crippen molar-refractivity contribution >= 4 is 5.69 Å². The van der Waals surface area contributed by atoms with E-state index in [4.69, 9.17) is 5.73 Å². The molecule has 0 bridgehead atoms. The van der Waals surface area contributed by atoms with Crippen molar-refractivity contribution in [2.45, 2.75) is 38.5 Å². The number of halogens is 3. The van der Waals surface area contributed by atoms with Gasteiger partial charge in [-0.05, 0) is 32.9 Å². The van der Waals surface area contributed by atoms with Gasteiger partial charge in [0.1, 0.15) is 0 Å². The Morgan fingerprint density at radius 3 is 2.18 bits per heavy atom. The number of nitrogens with two attached hydrogens (primary N) is 1. The molecule has 3 N–H and O–H groups in total. The van der Waals surface area contributed by atoms with Crippen molar-refractivity contribution in [2.24, 2.45) is 5.73 Å². The highest BCUT2D eigenvalue weighted by Crippen LogP contribution is 2.35. The molecule has 0 aromatic heterocycles. The molecule has 1 aromatic carbocycles. The number of hydrogen-bond acceptors (Lipinski definition) is 2. The Balaban J connectivity index is 3.08. The van der Waals surface area contributed by atoms with Gasteiger partial charge >= 0.3 is 6.18 Å². The molecule has 1 unspecified atom stereocenters. The molecule has 0 saturated heterocycles. The zero-order chi connectivity index (χ0) is 13.3. The van der Waals surface area contributed by atoms with E-state index in [-0.39, 0.29) is 11.7 Å². The van der Waals surface area contributed by atoms with E-state index in [1.165, 1.54) is 12.1 Å². The lowest BCUT2D eigenvalue weighted by atomic mass is 9.96. The standard InChI is InChI=1S/C12H17F3N2/c1-8(16)11(2,3)17-10-7-5-4-6-9(10)12(13,14)15/h4-8,17H,16H2,1-3H3. The molecular weight excluding hydrogens is 229 g/mol. The largest absolute Gasteiger partial charge is 0.418 e. The summed E-state index contributed by atoms with van der Waals surface area (Å²) in [7, 11) is 0. The van der Waals surface area contributed by atoms with Gasteiger partial charge in [0.2, 0.25) is 0 Å². The molecule has 0 aliphatic carbocycles. The number of hydrogen-bond donors (Lipinski definition) is 2. The van der Waals surface area contributed by atoms with Gasteiger partial charge in [-0.15, -0.1) is 0 Å². The summed E-state index contributed by atoms with van der Waals surface area (Å²) < 4.78 is 38.3. The fourth-order valence-corrected chi connectivity index (χ4v) is 1.30. The summed E-state index contributed by atoms with van der Waals surface area (Å²) in [6.45, 7) is 5.29. The molecule has 0 aliphatic rings. The first-order chi connectivity index (χ1) is 7.64. The highest BCUT2D eigenvalue weighted by molar-refractivity contribution is 5.54. The predicted octanol–water partition coefficient (Wildman–Crippen LogP) is 3.24. The van der Waals surface area contributed by atoms with Gasteiger partial charge in [-0.1, -0.05) is 12.1 Å². The third kappa shape index (κ3) is 3.36. The van der Waals surface area contributed by atoms with Crippen LogP contribution in [-0.2, 0) is 6.18 Å². The maximum absolute atomic E-state index is 12.8. The average Bonchev–Trinajstić information content (AvgIpc) is 2.15. The van der Waals surface area contributed by atoms with E-state index >= 15 is 0 Å². The van der Waals surface area contributed by atoms with Crippen molar-refractivity contribution in [3.8, 4) is 0 Å². The van der Waals surface area contributed by atoms with Gasteiger partial charge in [-0.25, -0.2) is 0 Å². The highest BCUT2D eigenvalue weighted by atomic mass is 19.4. The van der Waals surface area contributed by atoms with Crippen molar-refractivity contribution < 1.29 is 13.2 Å². The number of alkyl halides is 3. The van der Waals surface area contributed by atoms with Crippen LogP contribution in [0.15, 0.2) is 24.3 Å². The monoisotopic (exact) mass is 246 g/mol. The Hall–Kier alpha value is -1.23. The quantitative estimate of drug-likeness (QED) is 0.859. The van der Waals surface area contributed by atoms with Crippen LogP contribution in [0.2, 0.25) is 0 Å². The molecule has 5 heteroatoms. The molecule has 0 radical (unpaired) electrons. The van der Waals surface area contributed by atoms with Gasteiger partial charge in [0.05, 0.1) is 5.56 Å². The number of nitrogens with one attached hydrogen (secondary N) is 1. The molecule has 1 aromatic rings. The van der Waals surface area contributed by atoms with Gasteiger partial charge in [0.15, 0.2) is 0 Å². The Kier molecular flexibility index (Phi) is 3.71. The van der Waals surface area contributed by atoms with Crippen LogP contribution in [0.4, 0.5) is 18.9 Å². The van der Waals surface area contributed by atoms with Crippen molar-refractivity contribution in [1.29, 1.82) is 0 Å². The minimum atomic E-state index is -4.36. The minimum Gasteiger partial charge on any atom is -0.378 e. The molecule has 96 valence electrons. The lowest BCUT2D eigenvalue weighted by Crippen LogP contribution is -2.47. The molecule has 17 heavy (non-hydrogen) atoms. The Labute approximate surface area is 99.0 Å². The summed E-state index contributed by atoms with van der Waals surface area (Å²) in [5.74, 6) is 0. The SMILES string of the molecule is CC(N)C(C)(C)Nc1ccccc1C(F)(F)F. The fraction of sp³-hybridized carbons (Fsp3) is 0.500. The molecule has 2 nitrogen and oxygen atoms in total. The van der Waals surface area contributed by atoms with Crippen LogP contribution >= 0.6 is 0 Å². The first-order valence-corrected chi connectivity index (χ1v) is 5.34. The van der Waals surface area contributed by atoms with Crippen LogP contribution in [0.5, 0.6) is 0 Å². The summed E-state index contributed by atoms with van der Waals surface area (Å²) in [6.07, 6.45) is -4.36. The van der Waals surface area contributed by atoms with Gasteiger partial charge in [-0.3, -0.25) is 0 Å². The summed E-state index contributed by atoms with van der Waals surface area (Å²) in [5, 5.41) is 2.85.